The summed E-state index contributed by atoms with van der Waals surface area (Å²) in [6.07, 6.45) is 0.912. The van der Waals surface area contributed by atoms with Gasteiger partial charge in [0.15, 0.2) is 0 Å². The van der Waals surface area contributed by atoms with Gasteiger partial charge in [-0.1, -0.05) is 18.2 Å². The third-order valence-corrected chi connectivity index (χ3v) is 2.36. The van der Waals surface area contributed by atoms with Crippen molar-refractivity contribution >= 4 is 5.91 Å². The van der Waals surface area contributed by atoms with Crippen LogP contribution < -0.4 is 11.1 Å². The number of hydrogen-bond donors (Lipinski definition) is 2. The Kier molecular flexibility index (Phi) is 2.02. The van der Waals surface area contributed by atoms with Gasteiger partial charge in [0.05, 0.1) is 0 Å². The first kappa shape index (κ1) is 8.26. The second kappa shape index (κ2) is 3.18. The number of fused-ring (bicyclic) bond motifs is 1. The quantitative estimate of drug-likeness (QED) is 0.652. The van der Waals surface area contributed by atoms with Crippen molar-refractivity contribution in [3.8, 4) is 0 Å². The predicted octanol–water partition coefficient (Wildman–Crippen LogP) is 0.431. The SMILES string of the molecule is NCc1cccc2c1C(=O)NCC2. The number of carbonyl (C=O) groups excluding carboxylic acids is 1. The van der Waals surface area contributed by atoms with E-state index in [4.69, 9.17) is 5.73 Å². The molecule has 0 spiro atoms. The van der Waals surface area contributed by atoms with Crippen LogP contribution in [-0.2, 0) is 13.0 Å². The Balaban J connectivity index is 2.56. The first-order valence-electron chi connectivity index (χ1n) is 4.42. The molecule has 2 rings (SSSR count). The number of nitrogens with one attached hydrogen (secondary N) is 1. The van der Waals surface area contributed by atoms with E-state index in [0.29, 0.717) is 6.54 Å². The van der Waals surface area contributed by atoms with Crippen LogP contribution in [0.1, 0.15) is 21.5 Å². The van der Waals surface area contributed by atoms with Crippen LogP contribution in [0.3, 0.4) is 0 Å². The maximum Gasteiger partial charge on any atom is 0.251 e. The van der Waals surface area contributed by atoms with Crippen LogP contribution in [0, 0.1) is 0 Å². The Morgan fingerprint density at radius 3 is 3.08 bits per heavy atom. The van der Waals surface area contributed by atoms with E-state index < -0.39 is 0 Å². The van der Waals surface area contributed by atoms with E-state index >= 15 is 0 Å². The molecule has 0 aliphatic carbocycles. The molecule has 0 atom stereocenters. The fourth-order valence-corrected chi connectivity index (χ4v) is 1.72. The predicted molar refractivity (Wildman–Crippen MR) is 50.4 cm³/mol. The van der Waals surface area contributed by atoms with Gasteiger partial charge in [-0.25, -0.2) is 0 Å². The zero-order chi connectivity index (χ0) is 9.26. The van der Waals surface area contributed by atoms with E-state index in [1.807, 2.05) is 18.2 Å². The molecule has 1 amide bonds. The summed E-state index contributed by atoms with van der Waals surface area (Å²) in [4.78, 5) is 11.5. The summed E-state index contributed by atoms with van der Waals surface area (Å²) in [5.74, 6) is 0.0160. The minimum absolute atomic E-state index is 0.0160. The lowest BCUT2D eigenvalue weighted by Crippen LogP contribution is -2.33. The fraction of sp³-hybridized carbons (Fsp3) is 0.300. The monoisotopic (exact) mass is 176 g/mol. The largest absolute Gasteiger partial charge is 0.352 e. The lowest BCUT2D eigenvalue weighted by Gasteiger charge is -2.18. The molecule has 0 bridgehead atoms. The van der Waals surface area contributed by atoms with E-state index in [1.165, 1.54) is 0 Å². The Morgan fingerprint density at radius 1 is 1.46 bits per heavy atom. The van der Waals surface area contributed by atoms with E-state index in [-0.39, 0.29) is 5.91 Å². The molecule has 68 valence electrons. The summed E-state index contributed by atoms with van der Waals surface area (Å²) in [6.45, 7) is 1.16. The third-order valence-electron chi connectivity index (χ3n) is 2.36. The highest BCUT2D eigenvalue weighted by atomic mass is 16.1. The summed E-state index contributed by atoms with van der Waals surface area (Å²) in [6, 6.07) is 5.86. The molecule has 13 heavy (non-hydrogen) atoms. The molecule has 1 heterocycles. The Bertz CT molecular complexity index is 333. The summed E-state index contributed by atoms with van der Waals surface area (Å²) >= 11 is 0. The Hall–Kier alpha value is -1.35. The smallest absolute Gasteiger partial charge is 0.251 e. The number of nitrogens with two attached hydrogens (primary N) is 1. The van der Waals surface area contributed by atoms with E-state index in [2.05, 4.69) is 5.32 Å². The molecule has 0 radical (unpaired) electrons. The number of hydrogen-bond acceptors (Lipinski definition) is 2. The van der Waals surface area contributed by atoms with Gasteiger partial charge < -0.3 is 11.1 Å². The second-order valence-electron chi connectivity index (χ2n) is 3.16. The van der Waals surface area contributed by atoms with E-state index in [9.17, 15) is 4.79 Å². The van der Waals surface area contributed by atoms with Gasteiger partial charge in [0.25, 0.3) is 5.91 Å². The first-order chi connectivity index (χ1) is 6.33. The van der Waals surface area contributed by atoms with Gasteiger partial charge in [-0.05, 0) is 17.5 Å². The summed E-state index contributed by atoms with van der Waals surface area (Å²) in [5, 5.41) is 2.82. The van der Waals surface area contributed by atoms with Crippen molar-refractivity contribution in [3.05, 3.63) is 34.9 Å². The summed E-state index contributed by atoms with van der Waals surface area (Å²) in [5.41, 5.74) is 8.40. The molecule has 0 saturated carbocycles. The molecule has 1 aliphatic rings. The van der Waals surface area contributed by atoms with E-state index in [1.54, 1.807) is 0 Å². The van der Waals surface area contributed by atoms with Crippen LogP contribution >= 0.6 is 0 Å². The molecule has 3 heteroatoms. The molecular formula is C10H12N2O. The van der Waals surface area contributed by atoms with Crippen LogP contribution in [0.25, 0.3) is 0 Å². The van der Waals surface area contributed by atoms with Crippen LogP contribution in [-0.4, -0.2) is 12.5 Å². The van der Waals surface area contributed by atoms with Crippen molar-refractivity contribution in [3.63, 3.8) is 0 Å². The fourth-order valence-electron chi connectivity index (χ4n) is 1.72. The standard InChI is InChI=1S/C10H12N2O/c11-6-8-3-1-2-7-4-5-12-10(13)9(7)8/h1-3H,4-6,11H2,(H,12,13). The topological polar surface area (TPSA) is 55.1 Å². The minimum atomic E-state index is 0.0160. The molecule has 0 aromatic heterocycles. The zero-order valence-corrected chi connectivity index (χ0v) is 7.34. The van der Waals surface area contributed by atoms with Gasteiger partial charge in [-0.15, -0.1) is 0 Å². The van der Waals surface area contributed by atoms with Crippen LogP contribution in [0.4, 0.5) is 0 Å². The maximum atomic E-state index is 11.5. The summed E-state index contributed by atoms with van der Waals surface area (Å²) < 4.78 is 0. The van der Waals surface area contributed by atoms with Gasteiger partial charge in [0, 0.05) is 18.7 Å². The molecular weight excluding hydrogens is 164 g/mol. The molecule has 3 N–H and O–H groups in total. The maximum absolute atomic E-state index is 11.5. The number of amides is 1. The number of carbonyl (C=O) groups is 1. The minimum Gasteiger partial charge on any atom is -0.352 e. The van der Waals surface area contributed by atoms with Crippen molar-refractivity contribution in [2.45, 2.75) is 13.0 Å². The third kappa shape index (κ3) is 1.31. The molecule has 1 aromatic rings. The molecule has 0 unspecified atom stereocenters. The van der Waals surface area contributed by atoms with Crippen molar-refractivity contribution in [2.24, 2.45) is 5.73 Å². The second-order valence-corrected chi connectivity index (χ2v) is 3.16. The summed E-state index contributed by atoms with van der Waals surface area (Å²) in [7, 11) is 0. The molecule has 1 aromatic carbocycles. The first-order valence-corrected chi connectivity index (χ1v) is 4.42. The van der Waals surface area contributed by atoms with Crippen molar-refractivity contribution in [2.75, 3.05) is 6.54 Å². The van der Waals surface area contributed by atoms with Gasteiger partial charge in [-0.3, -0.25) is 4.79 Å². The van der Waals surface area contributed by atoms with Gasteiger partial charge in [0.2, 0.25) is 0 Å². The van der Waals surface area contributed by atoms with E-state index in [0.717, 1.165) is 29.7 Å². The Labute approximate surface area is 76.9 Å². The Morgan fingerprint density at radius 2 is 2.31 bits per heavy atom. The molecule has 1 aliphatic heterocycles. The van der Waals surface area contributed by atoms with Gasteiger partial charge in [0.1, 0.15) is 0 Å². The molecule has 3 nitrogen and oxygen atoms in total. The van der Waals surface area contributed by atoms with Gasteiger partial charge in [-0.2, -0.15) is 0 Å². The molecule has 0 saturated heterocycles. The van der Waals surface area contributed by atoms with Crippen LogP contribution in [0.2, 0.25) is 0 Å². The lowest BCUT2D eigenvalue weighted by molar-refractivity contribution is 0.0945. The highest BCUT2D eigenvalue weighted by Gasteiger charge is 2.18. The van der Waals surface area contributed by atoms with Crippen LogP contribution in [0.15, 0.2) is 18.2 Å². The number of benzene rings is 1. The average Bonchev–Trinajstić information content (AvgIpc) is 2.17. The highest BCUT2D eigenvalue weighted by Crippen LogP contribution is 2.17. The van der Waals surface area contributed by atoms with Crippen LogP contribution in [0.5, 0.6) is 0 Å². The normalized spacial score (nSPS) is 15.0. The number of rotatable bonds is 1. The zero-order valence-electron chi connectivity index (χ0n) is 7.34. The molecule has 0 fully saturated rings. The van der Waals surface area contributed by atoms with Crippen molar-refractivity contribution < 1.29 is 4.79 Å². The van der Waals surface area contributed by atoms with Gasteiger partial charge >= 0.3 is 0 Å². The lowest BCUT2D eigenvalue weighted by atomic mass is 9.95. The highest BCUT2D eigenvalue weighted by molar-refractivity contribution is 5.98. The van der Waals surface area contributed by atoms with Crippen molar-refractivity contribution in [1.29, 1.82) is 0 Å². The van der Waals surface area contributed by atoms with Crippen molar-refractivity contribution in [1.82, 2.24) is 5.32 Å². The average molecular weight is 176 g/mol.